The molecule has 0 spiro atoms. The predicted molar refractivity (Wildman–Crippen MR) is 110 cm³/mol. The van der Waals surface area contributed by atoms with Gasteiger partial charge in [-0.1, -0.05) is 18.2 Å². The molecule has 0 fully saturated rings. The van der Waals surface area contributed by atoms with Crippen LogP contribution in [0.4, 0.5) is 5.69 Å². The number of rotatable bonds is 5. The lowest BCUT2D eigenvalue weighted by molar-refractivity contribution is -0.136. The average molecular weight is 406 g/mol. The zero-order valence-corrected chi connectivity index (χ0v) is 16.3. The van der Waals surface area contributed by atoms with Crippen LogP contribution in [0.5, 0.6) is 11.5 Å². The highest BCUT2D eigenvalue weighted by Crippen LogP contribution is 2.50. The predicted octanol–water partition coefficient (Wildman–Crippen LogP) is 3.45. The van der Waals surface area contributed by atoms with E-state index in [-0.39, 0.29) is 37.6 Å². The molecule has 0 saturated heterocycles. The third kappa shape index (κ3) is 3.26. The number of allylic oxidation sites excluding steroid dienone is 2. The fraction of sp³-hybridized carbons (Fsp3) is 0.304. The Bertz CT molecular complexity index is 1050. The maximum Gasteiger partial charge on any atom is 0.305 e. The Balaban J connectivity index is 1.41. The zero-order valence-electron chi connectivity index (χ0n) is 16.3. The zero-order chi connectivity index (χ0) is 20.7. The van der Waals surface area contributed by atoms with Gasteiger partial charge < -0.3 is 25.2 Å². The van der Waals surface area contributed by atoms with E-state index in [1.807, 2.05) is 24.3 Å². The van der Waals surface area contributed by atoms with Crippen molar-refractivity contribution in [3.63, 3.8) is 0 Å². The second-order valence-corrected chi connectivity index (χ2v) is 7.79. The van der Waals surface area contributed by atoms with Crippen LogP contribution in [0.15, 0.2) is 48.6 Å². The highest BCUT2D eigenvalue weighted by molar-refractivity contribution is 5.95. The Labute approximate surface area is 173 Å². The summed E-state index contributed by atoms with van der Waals surface area (Å²) >= 11 is 0. The standard InChI is InChI=1S/C23H22N2O5/c26-21(27)8-9-24-23(28)14-4-6-18-17(10-14)15-2-1-3-16(15)22(25-18)13-5-7-19-20(11-13)30-12-29-19/h1-2,4-7,10-11,15-16,22,25H,3,8-9,12H2,(H,24,28)(H,26,27)/t15-,16-,22-/m1/s1. The summed E-state index contributed by atoms with van der Waals surface area (Å²) in [6.07, 6.45) is 5.27. The maximum absolute atomic E-state index is 12.4. The summed E-state index contributed by atoms with van der Waals surface area (Å²) in [4.78, 5) is 23.1. The third-order valence-corrected chi connectivity index (χ3v) is 6.01. The van der Waals surface area contributed by atoms with E-state index in [1.165, 1.54) is 0 Å². The van der Waals surface area contributed by atoms with Gasteiger partial charge in [-0.2, -0.15) is 0 Å². The van der Waals surface area contributed by atoms with Crippen molar-refractivity contribution in [1.82, 2.24) is 5.32 Å². The van der Waals surface area contributed by atoms with E-state index in [1.54, 1.807) is 6.07 Å². The normalized spacial score (nSPS) is 22.7. The molecule has 5 rings (SSSR count). The summed E-state index contributed by atoms with van der Waals surface area (Å²) in [5, 5.41) is 15.1. The van der Waals surface area contributed by atoms with E-state index in [4.69, 9.17) is 14.6 Å². The van der Waals surface area contributed by atoms with Crippen LogP contribution in [0.3, 0.4) is 0 Å². The first-order valence-electron chi connectivity index (χ1n) is 10.1. The molecule has 0 bridgehead atoms. The van der Waals surface area contributed by atoms with Crippen LogP contribution < -0.4 is 20.1 Å². The Morgan fingerprint density at radius 1 is 1.13 bits per heavy atom. The number of carbonyl (C=O) groups excluding carboxylic acids is 1. The summed E-state index contributed by atoms with van der Waals surface area (Å²) in [5.41, 5.74) is 3.80. The summed E-state index contributed by atoms with van der Waals surface area (Å²) < 4.78 is 11.0. The number of hydrogen-bond acceptors (Lipinski definition) is 5. The van der Waals surface area contributed by atoms with Crippen molar-refractivity contribution < 1.29 is 24.2 Å². The Morgan fingerprint density at radius 2 is 2.00 bits per heavy atom. The Morgan fingerprint density at radius 3 is 2.87 bits per heavy atom. The van der Waals surface area contributed by atoms with Crippen LogP contribution in [0.1, 0.15) is 46.3 Å². The second kappa shape index (κ2) is 7.40. The van der Waals surface area contributed by atoms with Crippen LogP contribution in [0, 0.1) is 5.92 Å². The van der Waals surface area contributed by atoms with Gasteiger partial charge in [0.2, 0.25) is 6.79 Å². The van der Waals surface area contributed by atoms with Gasteiger partial charge in [0.15, 0.2) is 11.5 Å². The molecular weight excluding hydrogens is 384 g/mol. The number of carbonyl (C=O) groups is 2. The SMILES string of the molecule is O=C(O)CCNC(=O)c1ccc2c(c1)[C@@H]1C=CC[C@H]1[C@@H](c1ccc3c(c1)OCO3)N2. The van der Waals surface area contributed by atoms with Crippen LogP contribution in [0.2, 0.25) is 0 Å². The van der Waals surface area contributed by atoms with Crippen molar-refractivity contribution in [2.24, 2.45) is 5.92 Å². The molecule has 154 valence electrons. The maximum atomic E-state index is 12.4. The van der Waals surface area contributed by atoms with Gasteiger partial charge in [-0.15, -0.1) is 0 Å². The van der Waals surface area contributed by atoms with Crippen LogP contribution >= 0.6 is 0 Å². The molecule has 2 aromatic rings. The minimum absolute atomic E-state index is 0.0944. The van der Waals surface area contributed by atoms with Gasteiger partial charge in [0.05, 0.1) is 12.5 Å². The quantitative estimate of drug-likeness (QED) is 0.658. The summed E-state index contributed by atoms with van der Waals surface area (Å²) in [5.74, 6) is 0.908. The lowest BCUT2D eigenvalue weighted by atomic mass is 9.76. The van der Waals surface area contributed by atoms with E-state index in [9.17, 15) is 9.59 Å². The molecule has 30 heavy (non-hydrogen) atoms. The molecule has 3 aliphatic rings. The average Bonchev–Trinajstić information content (AvgIpc) is 3.41. The van der Waals surface area contributed by atoms with Crippen molar-refractivity contribution >= 4 is 17.6 Å². The Kier molecular flexibility index (Phi) is 4.58. The van der Waals surface area contributed by atoms with E-state index in [2.05, 4.69) is 28.9 Å². The molecule has 2 aromatic carbocycles. The molecule has 0 radical (unpaired) electrons. The van der Waals surface area contributed by atoms with Gasteiger partial charge in [-0.25, -0.2) is 0 Å². The highest BCUT2D eigenvalue weighted by atomic mass is 16.7. The lowest BCUT2D eigenvalue weighted by Crippen LogP contribution is -2.30. The number of ether oxygens (including phenoxy) is 2. The molecular formula is C23H22N2O5. The molecule has 1 aliphatic carbocycles. The topological polar surface area (TPSA) is 96.9 Å². The van der Waals surface area contributed by atoms with Gasteiger partial charge >= 0.3 is 5.97 Å². The number of anilines is 1. The molecule has 0 saturated carbocycles. The van der Waals surface area contributed by atoms with Gasteiger partial charge in [-0.3, -0.25) is 9.59 Å². The first kappa shape index (κ1) is 18.5. The summed E-state index contributed by atoms with van der Waals surface area (Å²) in [7, 11) is 0. The molecule has 3 N–H and O–H groups in total. The minimum Gasteiger partial charge on any atom is -0.481 e. The smallest absolute Gasteiger partial charge is 0.305 e. The third-order valence-electron chi connectivity index (χ3n) is 6.01. The monoisotopic (exact) mass is 406 g/mol. The van der Waals surface area contributed by atoms with Crippen LogP contribution in [-0.2, 0) is 4.79 Å². The number of hydrogen-bond donors (Lipinski definition) is 3. The number of fused-ring (bicyclic) bond motifs is 4. The molecule has 1 amide bonds. The molecule has 2 heterocycles. The van der Waals surface area contributed by atoms with Crippen molar-refractivity contribution in [3.05, 3.63) is 65.2 Å². The summed E-state index contributed by atoms with van der Waals surface area (Å²) in [6, 6.07) is 11.8. The van der Waals surface area contributed by atoms with Crippen molar-refractivity contribution in [1.29, 1.82) is 0 Å². The van der Waals surface area contributed by atoms with E-state index in [0.29, 0.717) is 11.5 Å². The number of amides is 1. The van der Waals surface area contributed by atoms with Crippen LogP contribution in [-0.4, -0.2) is 30.3 Å². The first-order chi connectivity index (χ1) is 14.6. The first-order valence-corrected chi connectivity index (χ1v) is 10.1. The molecule has 7 heteroatoms. The van der Waals surface area contributed by atoms with Gasteiger partial charge in [0, 0.05) is 23.7 Å². The molecule has 7 nitrogen and oxygen atoms in total. The molecule has 3 atom stereocenters. The number of nitrogens with one attached hydrogen (secondary N) is 2. The van der Waals surface area contributed by atoms with E-state index in [0.717, 1.165) is 34.7 Å². The van der Waals surface area contributed by atoms with Crippen molar-refractivity contribution in [2.45, 2.75) is 24.8 Å². The number of carboxylic acid groups (broad SMARTS) is 1. The fourth-order valence-corrected chi connectivity index (χ4v) is 4.56. The van der Waals surface area contributed by atoms with Crippen molar-refractivity contribution in [2.75, 3.05) is 18.7 Å². The minimum atomic E-state index is -0.932. The summed E-state index contributed by atoms with van der Waals surface area (Å²) in [6.45, 7) is 0.367. The lowest BCUT2D eigenvalue weighted by Gasteiger charge is -2.37. The molecule has 0 aromatic heterocycles. The molecule has 2 aliphatic heterocycles. The van der Waals surface area contributed by atoms with Crippen LogP contribution in [0.25, 0.3) is 0 Å². The highest BCUT2D eigenvalue weighted by Gasteiger charge is 2.38. The number of benzene rings is 2. The van der Waals surface area contributed by atoms with Gasteiger partial charge in [-0.05, 0) is 53.8 Å². The van der Waals surface area contributed by atoms with E-state index < -0.39 is 5.97 Å². The Hall–Kier alpha value is -3.48. The molecule has 0 unspecified atom stereocenters. The number of aliphatic carboxylic acids is 1. The van der Waals surface area contributed by atoms with Gasteiger partial charge in [0.1, 0.15) is 0 Å². The van der Waals surface area contributed by atoms with Crippen molar-refractivity contribution in [3.8, 4) is 11.5 Å². The largest absolute Gasteiger partial charge is 0.481 e. The second-order valence-electron chi connectivity index (χ2n) is 7.79. The fourth-order valence-electron chi connectivity index (χ4n) is 4.56. The van der Waals surface area contributed by atoms with Gasteiger partial charge in [0.25, 0.3) is 5.91 Å². The number of carboxylic acids is 1. The van der Waals surface area contributed by atoms with E-state index >= 15 is 0 Å².